The molecule has 0 heterocycles. The predicted molar refractivity (Wildman–Crippen MR) is 57.6 cm³/mol. The van der Waals surface area contributed by atoms with Gasteiger partial charge in [-0.2, -0.15) is 0 Å². The highest BCUT2D eigenvalue weighted by Crippen LogP contribution is 2.06. The molecule has 0 spiro atoms. The summed E-state index contributed by atoms with van der Waals surface area (Å²) in [6, 6.07) is -0.792. The Kier molecular flexibility index (Phi) is 7.24. The highest BCUT2D eigenvalue weighted by molar-refractivity contribution is 5.78. The van der Waals surface area contributed by atoms with E-state index in [1.54, 1.807) is 13.8 Å². The van der Waals surface area contributed by atoms with Crippen LogP contribution in [0.1, 0.15) is 20.8 Å². The molecule has 1 amide bonds. The fraction of sp³-hybridized carbons (Fsp3) is 0.900. The number of hydrogen-bond donors (Lipinski definition) is 3. The summed E-state index contributed by atoms with van der Waals surface area (Å²) in [5, 5.41) is 26.9. The van der Waals surface area contributed by atoms with Gasteiger partial charge in [0.25, 0.3) is 0 Å². The van der Waals surface area contributed by atoms with Gasteiger partial charge in [-0.1, -0.05) is 0 Å². The topological polar surface area (TPSA) is 90.2 Å². The highest BCUT2D eigenvalue weighted by atomic mass is 16.6. The van der Waals surface area contributed by atoms with Crippen LogP contribution < -0.4 is 0 Å². The van der Waals surface area contributed by atoms with Gasteiger partial charge in [0.1, 0.15) is 6.61 Å². The second-order valence-electron chi connectivity index (χ2n) is 3.77. The first kappa shape index (κ1) is 15.3. The van der Waals surface area contributed by atoms with Gasteiger partial charge in [-0.05, 0) is 20.8 Å². The molecule has 0 aliphatic rings. The molecule has 0 aliphatic carbocycles. The van der Waals surface area contributed by atoms with Gasteiger partial charge in [0, 0.05) is 0 Å². The lowest BCUT2D eigenvalue weighted by Gasteiger charge is -2.32. The second-order valence-corrected chi connectivity index (χ2v) is 3.77. The summed E-state index contributed by atoms with van der Waals surface area (Å²) >= 11 is 0. The zero-order valence-electron chi connectivity index (χ0n) is 9.96. The predicted octanol–water partition coefficient (Wildman–Crippen LogP) is -1.07. The molecule has 0 fully saturated rings. The average Bonchev–Trinajstić information content (AvgIpc) is 2.25. The number of carbonyl (C=O) groups excluding carboxylic acids is 1. The molecule has 0 aliphatic heterocycles. The van der Waals surface area contributed by atoms with E-state index in [0.29, 0.717) is 0 Å². The zero-order chi connectivity index (χ0) is 12.7. The Bertz CT molecular complexity index is 199. The fourth-order valence-corrected chi connectivity index (χ4v) is 1.37. The van der Waals surface area contributed by atoms with Crippen LogP contribution in [0, 0.1) is 0 Å². The SMILES string of the molecule is CC(O)OCC(=O)N(C(C)CO)C(C)CO. The number of nitrogens with zero attached hydrogens (tertiary/aromatic N) is 1. The van der Waals surface area contributed by atoms with Gasteiger partial charge < -0.3 is 25.0 Å². The Morgan fingerprint density at radius 3 is 1.94 bits per heavy atom. The van der Waals surface area contributed by atoms with Crippen LogP contribution in [-0.4, -0.2) is 64.3 Å². The Labute approximate surface area is 95.4 Å². The third-order valence-corrected chi connectivity index (χ3v) is 2.21. The van der Waals surface area contributed by atoms with Gasteiger partial charge in [-0.15, -0.1) is 0 Å². The molecule has 6 heteroatoms. The van der Waals surface area contributed by atoms with Crippen molar-refractivity contribution in [3.63, 3.8) is 0 Å². The first-order chi connectivity index (χ1) is 7.43. The first-order valence-corrected chi connectivity index (χ1v) is 5.26. The summed E-state index contributed by atoms with van der Waals surface area (Å²) in [7, 11) is 0. The summed E-state index contributed by atoms with van der Waals surface area (Å²) < 4.78 is 4.77. The van der Waals surface area contributed by atoms with Gasteiger partial charge >= 0.3 is 0 Å². The van der Waals surface area contributed by atoms with E-state index in [-0.39, 0.29) is 25.7 Å². The Balaban J connectivity index is 4.44. The van der Waals surface area contributed by atoms with E-state index < -0.39 is 18.4 Å². The third kappa shape index (κ3) is 4.89. The molecule has 0 radical (unpaired) electrons. The zero-order valence-corrected chi connectivity index (χ0v) is 9.96. The standard InChI is InChI=1S/C10H21NO5/c1-7(4-12)11(8(2)5-13)10(15)6-16-9(3)14/h7-9,12-14H,4-6H2,1-3H3. The fourth-order valence-electron chi connectivity index (χ4n) is 1.37. The molecule has 0 aromatic heterocycles. The molecule has 0 aromatic carbocycles. The van der Waals surface area contributed by atoms with Crippen molar-refractivity contribution in [1.29, 1.82) is 0 Å². The van der Waals surface area contributed by atoms with Gasteiger partial charge in [0.05, 0.1) is 25.3 Å². The molecule has 0 rings (SSSR count). The Hall–Kier alpha value is -0.690. The molecule has 0 saturated heterocycles. The van der Waals surface area contributed by atoms with Gasteiger partial charge in [0.2, 0.25) is 5.91 Å². The number of aliphatic hydroxyl groups is 3. The van der Waals surface area contributed by atoms with Crippen LogP contribution in [0.5, 0.6) is 0 Å². The van der Waals surface area contributed by atoms with Crippen LogP contribution in [0.2, 0.25) is 0 Å². The molecule has 96 valence electrons. The monoisotopic (exact) mass is 235 g/mol. The molecule has 0 saturated carbocycles. The van der Waals surface area contributed by atoms with E-state index in [2.05, 4.69) is 0 Å². The van der Waals surface area contributed by atoms with Gasteiger partial charge in [-0.3, -0.25) is 4.79 Å². The van der Waals surface area contributed by atoms with Crippen molar-refractivity contribution in [3.05, 3.63) is 0 Å². The summed E-state index contributed by atoms with van der Waals surface area (Å²) in [5.41, 5.74) is 0. The van der Waals surface area contributed by atoms with Gasteiger partial charge in [0.15, 0.2) is 6.29 Å². The van der Waals surface area contributed by atoms with E-state index >= 15 is 0 Å². The van der Waals surface area contributed by atoms with E-state index in [4.69, 9.17) is 20.1 Å². The molecule has 3 unspecified atom stereocenters. The summed E-state index contributed by atoms with van der Waals surface area (Å²) in [6.07, 6.45) is -1.01. The number of carbonyl (C=O) groups is 1. The van der Waals surface area contributed by atoms with Crippen molar-refractivity contribution >= 4 is 5.91 Å². The molecule has 0 bridgehead atoms. The molecule has 16 heavy (non-hydrogen) atoms. The quantitative estimate of drug-likeness (QED) is 0.489. The summed E-state index contributed by atoms with van der Waals surface area (Å²) in [5.74, 6) is -0.371. The molecule has 3 N–H and O–H groups in total. The van der Waals surface area contributed by atoms with Crippen molar-refractivity contribution in [1.82, 2.24) is 4.90 Å². The van der Waals surface area contributed by atoms with Crippen LogP contribution in [0.4, 0.5) is 0 Å². The van der Waals surface area contributed by atoms with Crippen molar-refractivity contribution in [2.45, 2.75) is 39.1 Å². The minimum absolute atomic E-state index is 0.190. The van der Waals surface area contributed by atoms with Crippen molar-refractivity contribution in [2.75, 3.05) is 19.8 Å². The van der Waals surface area contributed by atoms with Crippen LogP contribution in [0.3, 0.4) is 0 Å². The number of ether oxygens (including phenoxy) is 1. The largest absolute Gasteiger partial charge is 0.394 e. The first-order valence-electron chi connectivity index (χ1n) is 5.26. The molecule has 3 atom stereocenters. The molecule has 0 aromatic rings. The number of hydrogen-bond acceptors (Lipinski definition) is 5. The van der Waals surface area contributed by atoms with Crippen LogP contribution >= 0.6 is 0 Å². The van der Waals surface area contributed by atoms with Gasteiger partial charge in [-0.25, -0.2) is 0 Å². The maximum absolute atomic E-state index is 11.7. The lowest BCUT2D eigenvalue weighted by atomic mass is 10.2. The smallest absolute Gasteiger partial charge is 0.249 e. The maximum Gasteiger partial charge on any atom is 0.249 e. The second kappa shape index (κ2) is 7.56. The number of aliphatic hydroxyl groups excluding tert-OH is 3. The summed E-state index contributed by atoms with van der Waals surface area (Å²) in [6.45, 7) is 4.10. The normalized spacial score (nSPS) is 16.6. The van der Waals surface area contributed by atoms with Crippen molar-refractivity contribution in [3.8, 4) is 0 Å². The Morgan fingerprint density at radius 1 is 1.19 bits per heavy atom. The van der Waals surface area contributed by atoms with Crippen LogP contribution in [0.25, 0.3) is 0 Å². The Morgan fingerprint density at radius 2 is 1.62 bits per heavy atom. The van der Waals surface area contributed by atoms with E-state index in [9.17, 15) is 4.79 Å². The third-order valence-electron chi connectivity index (χ3n) is 2.21. The number of amides is 1. The van der Waals surface area contributed by atoms with E-state index in [1.165, 1.54) is 11.8 Å². The molecular formula is C10H21NO5. The van der Waals surface area contributed by atoms with Crippen molar-refractivity contribution < 1.29 is 24.9 Å². The highest BCUT2D eigenvalue weighted by Gasteiger charge is 2.24. The van der Waals surface area contributed by atoms with E-state index in [1.807, 2.05) is 0 Å². The minimum Gasteiger partial charge on any atom is -0.394 e. The maximum atomic E-state index is 11.7. The molecule has 6 nitrogen and oxygen atoms in total. The number of rotatable bonds is 7. The average molecular weight is 235 g/mol. The minimum atomic E-state index is -1.01. The van der Waals surface area contributed by atoms with Crippen LogP contribution in [-0.2, 0) is 9.53 Å². The van der Waals surface area contributed by atoms with Crippen LogP contribution in [0.15, 0.2) is 0 Å². The summed E-state index contributed by atoms with van der Waals surface area (Å²) in [4.78, 5) is 13.1. The molecular weight excluding hydrogens is 214 g/mol. The lowest BCUT2D eigenvalue weighted by molar-refractivity contribution is -0.153. The lowest BCUT2D eigenvalue weighted by Crippen LogP contribution is -2.49. The van der Waals surface area contributed by atoms with E-state index in [0.717, 1.165) is 0 Å². The van der Waals surface area contributed by atoms with Crippen molar-refractivity contribution in [2.24, 2.45) is 0 Å².